The molecule has 2 N–H and O–H groups in total. The zero-order valence-electron chi connectivity index (χ0n) is 9.87. The average Bonchev–Trinajstić information content (AvgIpc) is 2.24. The molecule has 1 aromatic rings. The maximum absolute atomic E-state index is 6.09. The summed E-state index contributed by atoms with van der Waals surface area (Å²) in [7, 11) is 2.04. The van der Waals surface area contributed by atoms with E-state index in [0.29, 0.717) is 0 Å². The molecule has 1 rings (SSSR count). The highest BCUT2D eigenvalue weighted by Crippen LogP contribution is 2.19. The van der Waals surface area contributed by atoms with Gasteiger partial charge in [0.1, 0.15) is 0 Å². The van der Waals surface area contributed by atoms with Gasteiger partial charge in [-0.2, -0.15) is 0 Å². The van der Waals surface area contributed by atoms with Crippen molar-refractivity contribution in [1.82, 2.24) is 4.90 Å². The number of benzene rings is 1. The molecule has 0 saturated carbocycles. The SMILES string of the molecule is CCOCCN(C)Cc1cc(N)ccc1Cl. The largest absolute Gasteiger partial charge is 0.399 e. The molecule has 0 heterocycles. The number of likely N-dealkylation sites (N-methyl/N-ethyl adjacent to an activating group) is 1. The maximum Gasteiger partial charge on any atom is 0.0593 e. The summed E-state index contributed by atoms with van der Waals surface area (Å²) in [5.41, 5.74) is 7.53. The van der Waals surface area contributed by atoms with Crippen LogP contribution >= 0.6 is 11.6 Å². The molecular weight excluding hydrogens is 224 g/mol. The van der Waals surface area contributed by atoms with Crippen LogP contribution in [0.2, 0.25) is 5.02 Å². The van der Waals surface area contributed by atoms with Gasteiger partial charge in [0.05, 0.1) is 6.61 Å². The van der Waals surface area contributed by atoms with E-state index >= 15 is 0 Å². The van der Waals surface area contributed by atoms with Crippen molar-refractivity contribution >= 4 is 17.3 Å². The van der Waals surface area contributed by atoms with E-state index in [1.165, 1.54) is 0 Å². The number of nitrogen functional groups attached to an aromatic ring is 1. The van der Waals surface area contributed by atoms with Crippen LogP contribution in [0.4, 0.5) is 5.69 Å². The van der Waals surface area contributed by atoms with E-state index in [1.54, 1.807) is 0 Å². The summed E-state index contributed by atoms with van der Waals surface area (Å²) in [4.78, 5) is 2.16. The summed E-state index contributed by atoms with van der Waals surface area (Å²) >= 11 is 6.09. The van der Waals surface area contributed by atoms with Crippen LogP contribution in [0.15, 0.2) is 18.2 Å². The topological polar surface area (TPSA) is 38.5 Å². The third-order valence-electron chi connectivity index (χ3n) is 2.33. The molecule has 0 bridgehead atoms. The molecule has 16 heavy (non-hydrogen) atoms. The van der Waals surface area contributed by atoms with Crippen molar-refractivity contribution in [1.29, 1.82) is 0 Å². The van der Waals surface area contributed by atoms with Crippen LogP contribution < -0.4 is 5.73 Å². The molecule has 3 nitrogen and oxygen atoms in total. The standard InChI is InChI=1S/C12H19ClN2O/c1-3-16-7-6-15(2)9-10-8-11(14)4-5-12(10)13/h4-5,8H,3,6-7,9,14H2,1-2H3. The van der Waals surface area contributed by atoms with Gasteiger partial charge in [0, 0.05) is 30.4 Å². The van der Waals surface area contributed by atoms with Crippen molar-refractivity contribution < 1.29 is 4.74 Å². The van der Waals surface area contributed by atoms with Gasteiger partial charge in [0.2, 0.25) is 0 Å². The quantitative estimate of drug-likeness (QED) is 0.615. The van der Waals surface area contributed by atoms with E-state index in [-0.39, 0.29) is 0 Å². The van der Waals surface area contributed by atoms with Crippen molar-refractivity contribution in [2.75, 3.05) is 32.5 Å². The molecule has 0 aromatic heterocycles. The molecule has 0 fully saturated rings. The van der Waals surface area contributed by atoms with E-state index in [0.717, 1.165) is 42.6 Å². The summed E-state index contributed by atoms with van der Waals surface area (Å²) in [6.45, 7) is 5.17. The lowest BCUT2D eigenvalue weighted by Crippen LogP contribution is -2.23. The first kappa shape index (κ1) is 13.3. The molecule has 1 aromatic carbocycles. The second-order valence-corrected chi connectivity index (χ2v) is 4.19. The van der Waals surface area contributed by atoms with E-state index in [1.807, 2.05) is 32.2 Å². The van der Waals surface area contributed by atoms with Crippen LogP contribution in [0, 0.1) is 0 Å². The maximum atomic E-state index is 6.09. The zero-order chi connectivity index (χ0) is 12.0. The van der Waals surface area contributed by atoms with Crippen LogP contribution in [-0.2, 0) is 11.3 Å². The first-order valence-corrected chi connectivity index (χ1v) is 5.81. The van der Waals surface area contributed by atoms with Gasteiger partial charge in [0.15, 0.2) is 0 Å². The number of nitrogens with zero attached hydrogens (tertiary/aromatic N) is 1. The molecule has 0 amide bonds. The fourth-order valence-electron chi connectivity index (χ4n) is 1.45. The third kappa shape index (κ3) is 4.39. The lowest BCUT2D eigenvalue weighted by atomic mass is 10.2. The van der Waals surface area contributed by atoms with Crippen molar-refractivity contribution in [3.63, 3.8) is 0 Å². The van der Waals surface area contributed by atoms with E-state index in [2.05, 4.69) is 4.90 Å². The number of anilines is 1. The van der Waals surface area contributed by atoms with Crippen LogP contribution in [-0.4, -0.2) is 31.7 Å². The van der Waals surface area contributed by atoms with Crippen LogP contribution in [0.25, 0.3) is 0 Å². The lowest BCUT2D eigenvalue weighted by Gasteiger charge is -2.17. The Labute approximate surface area is 102 Å². The number of ether oxygens (including phenoxy) is 1. The monoisotopic (exact) mass is 242 g/mol. The second-order valence-electron chi connectivity index (χ2n) is 3.79. The van der Waals surface area contributed by atoms with Crippen LogP contribution in [0.1, 0.15) is 12.5 Å². The normalized spacial score (nSPS) is 11.0. The van der Waals surface area contributed by atoms with Gasteiger partial charge >= 0.3 is 0 Å². The van der Waals surface area contributed by atoms with Crippen molar-refractivity contribution in [2.24, 2.45) is 0 Å². The minimum absolute atomic E-state index is 0.743. The Kier molecular flexibility index (Phi) is 5.60. The first-order valence-electron chi connectivity index (χ1n) is 5.43. The molecule has 0 aliphatic heterocycles. The second kappa shape index (κ2) is 6.74. The molecule has 90 valence electrons. The minimum atomic E-state index is 0.743. The number of rotatable bonds is 6. The molecule has 0 aliphatic rings. The number of hydrogen-bond donors (Lipinski definition) is 1. The smallest absolute Gasteiger partial charge is 0.0593 e. The number of nitrogens with two attached hydrogens (primary N) is 1. The molecule has 4 heteroatoms. The van der Waals surface area contributed by atoms with Crippen molar-refractivity contribution in [2.45, 2.75) is 13.5 Å². The van der Waals surface area contributed by atoms with Crippen molar-refractivity contribution in [3.05, 3.63) is 28.8 Å². The Hall–Kier alpha value is -0.770. The molecule has 0 saturated heterocycles. The van der Waals surface area contributed by atoms with Crippen LogP contribution in [0.3, 0.4) is 0 Å². The number of hydrogen-bond acceptors (Lipinski definition) is 3. The highest BCUT2D eigenvalue weighted by atomic mass is 35.5. The molecule has 0 atom stereocenters. The van der Waals surface area contributed by atoms with E-state index in [9.17, 15) is 0 Å². The Morgan fingerprint density at radius 2 is 2.19 bits per heavy atom. The fourth-order valence-corrected chi connectivity index (χ4v) is 1.63. The zero-order valence-corrected chi connectivity index (χ0v) is 10.6. The van der Waals surface area contributed by atoms with Gasteiger partial charge < -0.3 is 10.5 Å². The summed E-state index contributed by atoms with van der Waals surface area (Å²) in [6.07, 6.45) is 0. The van der Waals surface area contributed by atoms with Gasteiger partial charge in [0.25, 0.3) is 0 Å². The molecular formula is C12H19ClN2O. The number of halogens is 1. The van der Waals surface area contributed by atoms with Crippen LogP contribution in [0.5, 0.6) is 0 Å². The van der Waals surface area contributed by atoms with Gasteiger partial charge in [-0.1, -0.05) is 11.6 Å². The summed E-state index contributed by atoms with van der Waals surface area (Å²) in [6, 6.07) is 5.56. The Morgan fingerprint density at radius 3 is 2.88 bits per heavy atom. The fraction of sp³-hybridized carbons (Fsp3) is 0.500. The lowest BCUT2D eigenvalue weighted by molar-refractivity contribution is 0.120. The van der Waals surface area contributed by atoms with Gasteiger partial charge in [-0.3, -0.25) is 4.90 Å². The highest BCUT2D eigenvalue weighted by molar-refractivity contribution is 6.31. The highest BCUT2D eigenvalue weighted by Gasteiger charge is 2.04. The van der Waals surface area contributed by atoms with Gasteiger partial charge in [-0.25, -0.2) is 0 Å². The third-order valence-corrected chi connectivity index (χ3v) is 2.70. The summed E-state index contributed by atoms with van der Waals surface area (Å²) < 4.78 is 5.30. The summed E-state index contributed by atoms with van der Waals surface area (Å²) in [5.74, 6) is 0. The first-order chi connectivity index (χ1) is 7.63. The molecule has 0 spiro atoms. The molecule has 0 radical (unpaired) electrons. The Bertz CT molecular complexity index is 331. The minimum Gasteiger partial charge on any atom is -0.399 e. The predicted octanol–water partition coefficient (Wildman–Crippen LogP) is 2.39. The summed E-state index contributed by atoms with van der Waals surface area (Å²) in [5, 5.41) is 0.762. The predicted molar refractivity (Wildman–Crippen MR) is 68.7 cm³/mol. The Balaban J connectivity index is 2.48. The molecule has 0 unspecified atom stereocenters. The van der Waals surface area contributed by atoms with Gasteiger partial charge in [-0.15, -0.1) is 0 Å². The van der Waals surface area contributed by atoms with Gasteiger partial charge in [-0.05, 0) is 37.7 Å². The Morgan fingerprint density at radius 1 is 1.44 bits per heavy atom. The molecule has 0 aliphatic carbocycles. The van der Waals surface area contributed by atoms with E-state index in [4.69, 9.17) is 22.1 Å². The van der Waals surface area contributed by atoms with E-state index < -0.39 is 0 Å². The van der Waals surface area contributed by atoms with Crippen molar-refractivity contribution in [3.8, 4) is 0 Å². The average molecular weight is 243 g/mol.